The first-order chi connectivity index (χ1) is 11.4. The number of nitrogens with zero attached hydrogens (tertiary/aromatic N) is 1. The van der Waals surface area contributed by atoms with Gasteiger partial charge in [0.15, 0.2) is 0 Å². The van der Waals surface area contributed by atoms with Crippen LogP contribution in [0, 0.1) is 17.7 Å². The molecule has 1 heterocycles. The fourth-order valence-electron chi connectivity index (χ4n) is 3.47. The number of benzene rings is 1. The van der Waals surface area contributed by atoms with Crippen LogP contribution in [0.1, 0.15) is 30.9 Å². The lowest BCUT2D eigenvalue weighted by molar-refractivity contribution is -0.146. The van der Waals surface area contributed by atoms with Crippen LogP contribution in [0.25, 0.3) is 0 Å². The third kappa shape index (κ3) is 2.98. The van der Waals surface area contributed by atoms with Gasteiger partial charge < -0.3 is 15.3 Å². The number of rotatable bonds is 4. The number of amides is 2. The van der Waals surface area contributed by atoms with Crippen molar-refractivity contribution in [2.24, 2.45) is 11.8 Å². The predicted molar refractivity (Wildman–Crippen MR) is 82.3 cm³/mol. The summed E-state index contributed by atoms with van der Waals surface area (Å²) in [6.45, 7) is 0. The fraction of sp³-hybridized carbons (Fsp3) is 0.471. The second-order valence-electron chi connectivity index (χ2n) is 6.52. The summed E-state index contributed by atoms with van der Waals surface area (Å²) < 4.78 is 13.1. The molecule has 6 nitrogen and oxygen atoms in total. The van der Waals surface area contributed by atoms with Gasteiger partial charge in [0.05, 0.1) is 17.9 Å². The lowest BCUT2D eigenvalue weighted by Crippen LogP contribution is -2.49. The Balaban J connectivity index is 1.71. The summed E-state index contributed by atoms with van der Waals surface area (Å²) in [7, 11) is 1.63. The van der Waals surface area contributed by atoms with Gasteiger partial charge in [-0.15, -0.1) is 0 Å². The van der Waals surface area contributed by atoms with Gasteiger partial charge in [-0.05, 0) is 30.5 Å². The van der Waals surface area contributed by atoms with Crippen molar-refractivity contribution in [3.8, 4) is 0 Å². The lowest BCUT2D eigenvalue weighted by atomic mass is 9.80. The number of carboxylic acids is 1. The maximum Gasteiger partial charge on any atom is 0.306 e. The zero-order valence-electron chi connectivity index (χ0n) is 13.2. The molecule has 1 saturated heterocycles. The molecule has 2 unspecified atom stereocenters. The van der Waals surface area contributed by atoms with Gasteiger partial charge in [0, 0.05) is 19.5 Å². The number of aliphatic carboxylic acids is 1. The lowest BCUT2D eigenvalue weighted by Gasteiger charge is -2.34. The van der Waals surface area contributed by atoms with Gasteiger partial charge in [-0.25, -0.2) is 4.39 Å². The van der Waals surface area contributed by atoms with Gasteiger partial charge in [0.2, 0.25) is 11.8 Å². The van der Waals surface area contributed by atoms with E-state index in [9.17, 15) is 18.8 Å². The highest BCUT2D eigenvalue weighted by molar-refractivity contribution is 5.90. The number of carboxylic acid groups (broad SMARTS) is 1. The summed E-state index contributed by atoms with van der Waals surface area (Å²) in [4.78, 5) is 36.9. The first-order valence-corrected chi connectivity index (χ1v) is 7.91. The zero-order valence-corrected chi connectivity index (χ0v) is 13.2. The Labute approximate surface area is 138 Å². The van der Waals surface area contributed by atoms with Crippen molar-refractivity contribution in [1.29, 1.82) is 0 Å². The minimum Gasteiger partial charge on any atom is -0.481 e. The molecule has 0 radical (unpaired) electrons. The first kappa shape index (κ1) is 16.4. The van der Waals surface area contributed by atoms with E-state index in [1.807, 2.05) is 0 Å². The number of likely N-dealkylation sites (tertiary alicyclic amines) is 1. The molecule has 0 spiro atoms. The Hall–Kier alpha value is -2.44. The van der Waals surface area contributed by atoms with Gasteiger partial charge in [-0.2, -0.15) is 0 Å². The molecule has 2 amide bonds. The summed E-state index contributed by atoms with van der Waals surface area (Å²) in [6, 6.07) is 5.19. The normalized spacial score (nSPS) is 29.2. The first-order valence-electron chi connectivity index (χ1n) is 7.91. The quantitative estimate of drug-likeness (QED) is 0.869. The van der Waals surface area contributed by atoms with Crippen LogP contribution in [-0.2, 0) is 14.4 Å². The van der Waals surface area contributed by atoms with Crippen molar-refractivity contribution >= 4 is 17.8 Å². The zero-order chi connectivity index (χ0) is 17.4. The second-order valence-corrected chi connectivity index (χ2v) is 6.52. The van der Waals surface area contributed by atoms with Gasteiger partial charge >= 0.3 is 5.97 Å². The molecule has 2 atom stereocenters. The van der Waals surface area contributed by atoms with Crippen LogP contribution in [0.2, 0.25) is 0 Å². The van der Waals surface area contributed by atoms with Crippen LogP contribution in [0.15, 0.2) is 24.3 Å². The van der Waals surface area contributed by atoms with Crippen LogP contribution in [-0.4, -0.2) is 40.9 Å². The van der Waals surface area contributed by atoms with Gasteiger partial charge in [0.25, 0.3) is 0 Å². The van der Waals surface area contributed by atoms with Crippen LogP contribution in [0.3, 0.4) is 0 Å². The summed E-state index contributed by atoms with van der Waals surface area (Å²) >= 11 is 0. The number of nitrogens with one attached hydrogen (secondary N) is 1. The molecule has 24 heavy (non-hydrogen) atoms. The van der Waals surface area contributed by atoms with E-state index in [1.54, 1.807) is 19.2 Å². The van der Waals surface area contributed by atoms with E-state index < -0.39 is 23.8 Å². The number of carbonyl (C=O) groups excluding carboxylic acids is 2. The van der Waals surface area contributed by atoms with E-state index in [0.29, 0.717) is 18.4 Å². The molecule has 1 aliphatic carbocycles. The fourth-order valence-corrected chi connectivity index (χ4v) is 3.47. The molecule has 1 aromatic rings. The molecule has 3 rings (SSSR count). The topological polar surface area (TPSA) is 86.7 Å². The highest BCUT2D eigenvalue weighted by Crippen LogP contribution is 2.38. The monoisotopic (exact) mass is 334 g/mol. The van der Waals surface area contributed by atoms with Crippen LogP contribution in [0.4, 0.5) is 4.39 Å². The number of carbonyl (C=O) groups is 3. The molecular weight excluding hydrogens is 315 g/mol. The summed E-state index contributed by atoms with van der Waals surface area (Å²) in [6.07, 6.45) is 0.928. The molecule has 7 heteroatoms. The number of hydrogen-bond acceptors (Lipinski definition) is 3. The van der Waals surface area contributed by atoms with Crippen molar-refractivity contribution in [2.75, 3.05) is 7.05 Å². The van der Waals surface area contributed by atoms with Crippen LogP contribution >= 0.6 is 0 Å². The van der Waals surface area contributed by atoms with Crippen molar-refractivity contribution in [3.63, 3.8) is 0 Å². The molecule has 2 aliphatic rings. The Morgan fingerprint density at radius 1 is 1.25 bits per heavy atom. The highest BCUT2D eigenvalue weighted by Gasteiger charge is 2.44. The molecule has 0 bridgehead atoms. The van der Waals surface area contributed by atoms with Crippen molar-refractivity contribution in [2.45, 2.75) is 31.3 Å². The predicted octanol–water partition coefficient (Wildman–Crippen LogP) is 1.32. The smallest absolute Gasteiger partial charge is 0.306 e. The van der Waals surface area contributed by atoms with Crippen LogP contribution in [0.5, 0.6) is 0 Å². The summed E-state index contributed by atoms with van der Waals surface area (Å²) in [5, 5.41) is 11.7. The number of hydrogen-bond donors (Lipinski definition) is 2. The van der Waals surface area contributed by atoms with Crippen LogP contribution < -0.4 is 5.32 Å². The second kappa shape index (κ2) is 6.22. The third-order valence-corrected chi connectivity index (χ3v) is 4.97. The SMILES string of the molecule is CN1C(=O)CC(C(=O)NC2CC(C(=O)O)C2)C1c1ccc(F)cc1. The minimum absolute atomic E-state index is 0.0967. The van der Waals surface area contributed by atoms with E-state index in [-0.39, 0.29) is 30.1 Å². The minimum atomic E-state index is -0.847. The van der Waals surface area contributed by atoms with E-state index in [2.05, 4.69) is 5.32 Å². The van der Waals surface area contributed by atoms with E-state index in [1.165, 1.54) is 17.0 Å². The summed E-state index contributed by atoms with van der Waals surface area (Å²) in [5.74, 6) is -2.58. The molecule has 2 N–H and O–H groups in total. The molecule has 2 fully saturated rings. The Morgan fingerprint density at radius 2 is 1.88 bits per heavy atom. The van der Waals surface area contributed by atoms with Gasteiger partial charge in [-0.1, -0.05) is 12.1 Å². The highest BCUT2D eigenvalue weighted by atomic mass is 19.1. The maximum atomic E-state index is 13.1. The molecule has 128 valence electrons. The Bertz CT molecular complexity index is 670. The average Bonchev–Trinajstić information content (AvgIpc) is 2.79. The maximum absolute atomic E-state index is 13.1. The van der Waals surface area contributed by atoms with Gasteiger partial charge in [0.1, 0.15) is 5.82 Å². The van der Waals surface area contributed by atoms with Crippen molar-refractivity contribution in [1.82, 2.24) is 10.2 Å². The molecule has 0 aromatic heterocycles. The largest absolute Gasteiger partial charge is 0.481 e. The number of halogens is 1. The average molecular weight is 334 g/mol. The molecule has 1 aromatic carbocycles. The molecule has 1 aliphatic heterocycles. The Kier molecular flexibility index (Phi) is 4.26. The Morgan fingerprint density at radius 3 is 2.46 bits per heavy atom. The van der Waals surface area contributed by atoms with Gasteiger partial charge in [-0.3, -0.25) is 14.4 Å². The van der Waals surface area contributed by atoms with E-state index >= 15 is 0 Å². The van der Waals surface area contributed by atoms with E-state index in [0.717, 1.165) is 0 Å². The molecule has 1 saturated carbocycles. The molecular formula is C17H19FN2O4. The third-order valence-electron chi connectivity index (χ3n) is 4.97. The standard InChI is InChI=1S/C17H19FN2O4/c1-20-14(21)8-13(15(20)9-2-4-11(18)5-3-9)16(22)19-12-6-10(7-12)17(23)24/h2-5,10,12-13,15H,6-8H2,1H3,(H,19,22)(H,23,24). The van der Waals surface area contributed by atoms with E-state index in [4.69, 9.17) is 5.11 Å². The van der Waals surface area contributed by atoms with Crippen molar-refractivity contribution < 1.29 is 23.9 Å². The van der Waals surface area contributed by atoms with Crippen molar-refractivity contribution in [3.05, 3.63) is 35.6 Å². The summed E-state index contributed by atoms with van der Waals surface area (Å²) in [5.41, 5.74) is 0.710.